The molecule has 5 fully saturated rings. The molecule has 5 rings (SSSR count). The Labute approximate surface area is 170 Å². The Morgan fingerprint density at radius 1 is 0.593 bits per heavy atom. The normalized spacial score (nSPS) is 49.9. The molecule has 0 spiro atoms. The van der Waals surface area contributed by atoms with E-state index in [1.54, 1.807) is 77.0 Å². The maximum atomic E-state index is 2.89. The van der Waals surface area contributed by atoms with Gasteiger partial charge in [-0.2, -0.15) is 0 Å². The third kappa shape index (κ3) is 3.12. The summed E-state index contributed by atoms with van der Waals surface area (Å²) < 4.78 is 0. The fourth-order valence-electron chi connectivity index (χ4n) is 9.93. The quantitative estimate of drug-likeness (QED) is 0.429. The van der Waals surface area contributed by atoms with Gasteiger partial charge in [0, 0.05) is 0 Å². The summed E-state index contributed by atoms with van der Waals surface area (Å²) in [5.41, 5.74) is 2.35. The summed E-state index contributed by atoms with van der Waals surface area (Å²) in [4.78, 5) is 0. The van der Waals surface area contributed by atoms with Crippen LogP contribution >= 0.6 is 0 Å². The number of hydrogen-bond acceptors (Lipinski definition) is 0. The van der Waals surface area contributed by atoms with E-state index in [9.17, 15) is 0 Å². The van der Waals surface area contributed by atoms with Crippen molar-refractivity contribution in [2.75, 3.05) is 0 Å². The largest absolute Gasteiger partial charge is 0.0689 e. The van der Waals surface area contributed by atoms with Crippen molar-refractivity contribution in [3.8, 4) is 0 Å². The smallest absolute Gasteiger partial charge is 0.0541 e. The summed E-state index contributed by atoms with van der Waals surface area (Å²) in [5, 5.41) is 0. The predicted molar refractivity (Wildman–Crippen MR) is 120 cm³/mol. The minimum Gasteiger partial charge on any atom is -0.0689 e. The van der Waals surface area contributed by atoms with Crippen molar-refractivity contribution in [2.45, 2.75) is 115 Å². The maximum Gasteiger partial charge on any atom is 0.0541 e. The molecule has 0 nitrogen and oxygen atoms in total. The molecule has 5 aliphatic rings. The molecule has 0 aromatic rings. The highest BCUT2D eigenvalue weighted by Crippen LogP contribution is 2.65. The number of hydrogen-bond donors (Lipinski definition) is 0. The molecular formula is C26H46Si. The number of fused-ring (bicyclic) bond motifs is 3. The Balaban J connectivity index is 1.41. The van der Waals surface area contributed by atoms with Crippen molar-refractivity contribution in [3.63, 3.8) is 0 Å². The van der Waals surface area contributed by atoms with Crippen LogP contribution in [-0.4, -0.2) is 8.07 Å². The third-order valence-corrected chi connectivity index (χ3v) is 16.4. The highest BCUT2D eigenvalue weighted by atomic mass is 28.3. The van der Waals surface area contributed by atoms with Gasteiger partial charge in [-0.1, -0.05) is 84.7 Å². The van der Waals surface area contributed by atoms with Gasteiger partial charge in [-0.05, 0) is 77.7 Å². The summed E-state index contributed by atoms with van der Waals surface area (Å²) in [6.07, 6.45) is 19.2. The van der Waals surface area contributed by atoms with Crippen molar-refractivity contribution in [2.24, 2.45) is 47.3 Å². The SMILES string of the molecule is CC(C)C1CC([Si](C)(C)C2CCC3CCCCC32)C2CC3CCCC3CC12. The molecule has 5 saturated carbocycles. The van der Waals surface area contributed by atoms with Crippen LogP contribution in [0.1, 0.15) is 90.9 Å². The van der Waals surface area contributed by atoms with Crippen LogP contribution in [-0.2, 0) is 0 Å². The van der Waals surface area contributed by atoms with Crippen molar-refractivity contribution in [1.29, 1.82) is 0 Å². The van der Waals surface area contributed by atoms with Gasteiger partial charge in [0.25, 0.3) is 0 Å². The summed E-state index contributed by atoms with van der Waals surface area (Å²) in [7, 11) is -1.19. The molecule has 0 aromatic carbocycles. The zero-order valence-corrected chi connectivity index (χ0v) is 19.8. The van der Waals surface area contributed by atoms with Gasteiger partial charge in [0.2, 0.25) is 0 Å². The van der Waals surface area contributed by atoms with Gasteiger partial charge in [-0.3, -0.25) is 0 Å². The third-order valence-electron chi connectivity index (χ3n) is 11.2. The van der Waals surface area contributed by atoms with E-state index < -0.39 is 8.07 Å². The second kappa shape index (κ2) is 7.17. The topological polar surface area (TPSA) is 0 Å². The second-order valence-electron chi connectivity index (χ2n) is 12.7. The summed E-state index contributed by atoms with van der Waals surface area (Å²) in [5.74, 6) is 8.80. The van der Waals surface area contributed by atoms with Crippen LogP contribution in [0.5, 0.6) is 0 Å². The van der Waals surface area contributed by atoms with E-state index in [1.165, 1.54) is 11.1 Å². The first kappa shape index (κ1) is 19.2. The molecule has 9 atom stereocenters. The van der Waals surface area contributed by atoms with Gasteiger partial charge < -0.3 is 0 Å². The van der Waals surface area contributed by atoms with E-state index in [1.807, 2.05) is 0 Å². The molecule has 0 bridgehead atoms. The summed E-state index contributed by atoms with van der Waals surface area (Å²) in [6.45, 7) is 10.9. The molecule has 0 amide bonds. The molecule has 0 aliphatic heterocycles. The molecule has 0 radical (unpaired) electrons. The van der Waals surface area contributed by atoms with Crippen molar-refractivity contribution in [1.82, 2.24) is 0 Å². The lowest BCUT2D eigenvalue weighted by Gasteiger charge is -2.46. The van der Waals surface area contributed by atoms with Crippen LogP contribution in [0.15, 0.2) is 0 Å². The van der Waals surface area contributed by atoms with Crippen LogP contribution in [0.3, 0.4) is 0 Å². The van der Waals surface area contributed by atoms with Gasteiger partial charge in [0.05, 0.1) is 8.07 Å². The monoisotopic (exact) mass is 386 g/mol. The van der Waals surface area contributed by atoms with Crippen molar-refractivity contribution in [3.05, 3.63) is 0 Å². The van der Waals surface area contributed by atoms with Crippen molar-refractivity contribution >= 4 is 8.07 Å². The molecule has 5 aliphatic carbocycles. The van der Waals surface area contributed by atoms with Gasteiger partial charge >= 0.3 is 0 Å². The molecular weight excluding hydrogens is 340 g/mol. The second-order valence-corrected chi connectivity index (χ2v) is 17.8. The highest BCUT2D eigenvalue weighted by Gasteiger charge is 2.58. The van der Waals surface area contributed by atoms with Gasteiger partial charge in [0.15, 0.2) is 0 Å². The molecule has 0 heterocycles. The predicted octanol–water partition coefficient (Wildman–Crippen LogP) is 8.15. The fraction of sp³-hybridized carbons (Fsp3) is 1.00. The van der Waals surface area contributed by atoms with Crippen LogP contribution in [0.25, 0.3) is 0 Å². The van der Waals surface area contributed by atoms with E-state index in [0.29, 0.717) is 0 Å². The first-order valence-electron chi connectivity index (χ1n) is 13.0. The maximum absolute atomic E-state index is 2.89. The summed E-state index contributed by atoms with van der Waals surface area (Å²) in [6, 6.07) is 0. The number of rotatable bonds is 3. The van der Waals surface area contributed by atoms with E-state index in [0.717, 1.165) is 47.3 Å². The molecule has 0 saturated heterocycles. The van der Waals surface area contributed by atoms with E-state index in [2.05, 4.69) is 26.9 Å². The lowest BCUT2D eigenvalue weighted by atomic mass is 9.67. The average Bonchev–Trinajstić information content (AvgIpc) is 3.35. The van der Waals surface area contributed by atoms with Gasteiger partial charge in [-0.25, -0.2) is 0 Å². The minimum absolute atomic E-state index is 0.927. The lowest BCUT2D eigenvalue weighted by molar-refractivity contribution is 0.113. The molecule has 154 valence electrons. The molecule has 0 N–H and O–H groups in total. The van der Waals surface area contributed by atoms with Gasteiger partial charge in [-0.15, -0.1) is 0 Å². The molecule has 27 heavy (non-hydrogen) atoms. The Kier molecular flexibility index (Phi) is 5.10. The average molecular weight is 387 g/mol. The van der Waals surface area contributed by atoms with E-state index in [-0.39, 0.29) is 0 Å². The first-order valence-corrected chi connectivity index (χ1v) is 16.1. The van der Waals surface area contributed by atoms with Crippen molar-refractivity contribution < 1.29 is 0 Å². The fourth-order valence-corrected chi connectivity index (χ4v) is 15.3. The Hall–Kier alpha value is 0.217. The first-order chi connectivity index (χ1) is 13.0. The van der Waals surface area contributed by atoms with E-state index >= 15 is 0 Å². The molecule has 9 unspecified atom stereocenters. The zero-order valence-electron chi connectivity index (χ0n) is 18.8. The zero-order chi connectivity index (χ0) is 18.8. The van der Waals surface area contributed by atoms with Crippen LogP contribution in [0.4, 0.5) is 0 Å². The van der Waals surface area contributed by atoms with Gasteiger partial charge in [0.1, 0.15) is 0 Å². The van der Waals surface area contributed by atoms with E-state index in [4.69, 9.17) is 0 Å². The van der Waals surface area contributed by atoms with Crippen LogP contribution in [0.2, 0.25) is 24.2 Å². The Morgan fingerprint density at radius 2 is 1.26 bits per heavy atom. The lowest BCUT2D eigenvalue weighted by Crippen LogP contribution is -2.44. The minimum atomic E-state index is -1.19. The molecule has 1 heteroatoms. The summed E-state index contributed by atoms with van der Waals surface area (Å²) >= 11 is 0. The Morgan fingerprint density at radius 3 is 2.00 bits per heavy atom. The van der Waals surface area contributed by atoms with Crippen LogP contribution in [0, 0.1) is 47.3 Å². The standard InChI is InChI=1S/C26H46Si/c1-17(2)22-16-26(24-15-20-10-7-9-19(20)14-23(22)24)27(3,4)25-13-12-18-8-5-6-11-21(18)25/h17-26H,5-16H2,1-4H3. The van der Waals surface area contributed by atoms with Crippen LogP contribution < -0.4 is 0 Å². The Bertz CT molecular complexity index is 536. The molecule has 0 aromatic heterocycles. The highest BCUT2D eigenvalue weighted by molar-refractivity contribution is 6.80.